The van der Waals surface area contributed by atoms with E-state index in [1.807, 2.05) is 36.6 Å². The van der Waals surface area contributed by atoms with Gasteiger partial charge in [0.1, 0.15) is 10.8 Å². The second-order valence-electron chi connectivity index (χ2n) is 7.64. The number of thiazole rings is 1. The SMILES string of the molecule is CCN1CCCC1Cn1c(-c2csc(-c3ccc(OC)cc3)n2)cc(C(=O)O)c1C. The first-order valence-corrected chi connectivity index (χ1v) is 11.2. The van der Waals surface area contributed by atoms with Gasteiger partial charge >= 0.3 is 5.97 Å². The van der Waals surface area contributed by atoms with E-state index in [2.05, 4.69) is 16.4 Å². The van der Waals surface area contributed by atoms with Crippen LogP contribution in [0.15, 0.2) is 35.7 Å². The first-order chi connectivity index (χ1) is 14.5. The molecule has 158 valence electrons. The van der Waals surface area contributed by atoms with Gasteiger partial charge in [0.15, 0.2) is 0 Å². The van der Waals surface area contributed by atoms with Crippen LogP contribution in [0.4, 0.5) is 0 Å². The third-order valence-electron chi connectivity index (χ3n) is 6.00. The molecule has 4 rings (SSSR count). The number of benzene rings is 1. The summed E-state index contributed by atoms with van der Waals surface area (Å²) in [7, 11) is 1.65. The highest BCUT2D eigenvalue weighted by Gasteiger charge is 2.27. The number of aromatic carboxylic acids is 1. The monoisotopic (exact) mass is 425 g/mol. The molecule has 6 nitrogen and oxygen atoms in total. The summed E-state index contributed by atoms with van der Waals surface area (Å²) < 4.78 is 7.38. The molecule has 0 aliphatic carbocycles. The van der Waals surface area contributed by atoms with Gasteiger partial charge in [0.05, 0.1) is 24.1 Å². The van der Waals surface area contributed by atoms with E-state index in [0.29, 0.717) is 11.6 Å². The lowest BCUT2D eigenvalue weighted by Gasteiger charge is -2.25. The van der Waals surface area contributed by atoms with Crippen molar-refractivity contribution in [1.82, 2.24) is 14.5 Å². The second-order valence-corrected chi connectivity index (χ2v) is 8.49. The van der Waals surface area contributed by atoms with Gasteiger partial charge in [0.25, 0.3) is 0 Å². The van der Waals surface area contributed by atoms with Crippen molar-refractivity contribution >= 4 is 17.3 Å². The predicted octanol–water partition coefficient (Wildman–Crippen LogP) is 4.78. The summed E-state index contributed by atoms with van der Waals surface area (Å²) in [5, 5.41) is 12.6. The highest BCUT2D eigenvalue weighted by atomic mass is 32.1. The van der Waals surface area contributed by atoms with E-state index in [4.69, 9.17) is 9.72 Å². The van der Waals surface area contributed by atoms with Crippen LogP contribution in [-0.4, -0.2) is 51.8 Å². The van der Waals surface area contributed by atoms with E-state index in [0.717, 1.165) is 59.5 Å². The van der Waals surface area contributed by atoms with Crippen LogP contribution < -0.4 is 4.74 Å². The second kappa shape index (κ2) is 8.62. The maximum atomic E-state index is 11.8. The first kappa shape index (κ1) is 20.6. The number of likely N-dealkylation sites (N-methyl/N-ethyl adjacent to an activating group) is 1. The number of hydrogen-bond acceptors (Lipinski definition) is 5. The Morgan fingerprint density at radius 3 is 2.77 bits per heavy atom. The summed E-state index contributed by atoms with van der Waals surface area (Å²) in [4.78, 5) is 19.1. The fourth-order valence-corrected chi connectivity index (χ4v) is 5.12. The molecule has 1 fully saturated rings. The molecule has 1 atom stereocenters. The Labute approximate surface area is 180 Å². The zero-order valence-electron chi connectivity index (χ0n) is 17.6. The maximum absolute atomic E-state index is 11.8. The van der Waals surface area contributed by atoms with Crippen molar-refractivity contribution in [1.29, 1.82) is 0 Å². The van der Waals surface area contributed by atoms with E-state index in [9.17, 15) is 9.90 Å². The van der Waals surface area contributed by atoms with E-state index < -0.39 is 5.97 Å². The molecule has 1 saturated heterocycles. The Balaban J connectivity index is 1.70. The fraction of sp³-hybridized carbons (Fsp3) is 0.391. The zero-order chi connectivity index (χ0) is 21.3. The van der Waals surface area contributed by atoms with Crippen molar-refractivity contribution in [3.05, 3.63) is 47.0 Å². The number of hydrogen-bond donors (Lipinski definition) is 1. The minimum atomic E-state index is -0.892. The number of ether oxygens (including phenoxy) is 1. The lowest BCUT2D eigenvalue weighted by atomic mass is 10.2. The van der Waals surface area contributed by atoms with Crippen molar-refractivity contribution in [2.75, 3.05) is 20.2 Å². The number of carboxylic acids is 1. The van der Waals surface area contributed by atoms with Gasteiger partial charge in [-0.25, -0.2) is 9.78 Å². The van der Waals surface area contributed by atoms with Crippen LogP contribution >= 0.6 is 11.3 Å². The summed E-state index contributed by atoms with van der Waals surface area (Å²) in [6.07, 6.45) is 2.33. The fourth-order valence-electron chi connectivity index (χ4n) is 4.30. The van der Waals surface area contributed by atoms with Gasteiger partial charge in [-0.2, -0.15) is 0 Å². The van der Waals surface area contributed by atoms with E-state index >= 15 is 0 Å². The summed E-state index contributed by atoms with van der Waals surface area (Å²) >= 11 is 1.57. The van der Waals surface area contributed by atoms with E-state index in [1.54, 1.807) is 24.5 Å². The van der Waals surface area contributed by atoms with Gasteiger partial charge in [-0.15, -0.1) is 11.3 Å². The van der Waals surface area contributed by atoms with Crippen LogP contribution in [0.1, 0.15) is 35.8 Å². The van der Waals surface area contributed by atoms with Crippen molar-refractivity contribution in [2.45, 2.75) is 39.3 Å². The third-order valence-corrected chi connectivity index (χ3v) is 6.89. The molecule has 1 N–H and O–H groups in total. The van der Waals surface area contributed by atoms with Gasteiger partial charge in [-0.3, -0.25) is 4.90 Å². The Kier molecular flexibility index (Phi) is 5.92. The van der Waals surface area contributed by atoms with Gasteiger partial charge in [-0.1, -0.05) is 6.92 Å². The Bertz CT molecular complexity index is 1040. The van der Waals surface area contributed by atoms with Crippen LogP contribution in [0.2, 0.25) is 0 Å². The molecule has 30 heavy (non-hydrogen) atoms. The van der Waals surface area contributed by atoms with Crippen molar-refractivity contribution in [3.8, 4) is 27.7 Å². The molecule has 1 aliphatic rings. The average Bonchev–Trinajstić information content (AvgIpc) is 3.48. The molecule has 1 unspecified atom stereocenters. The Morgan fingerprint density at radius 2 is 2.10 bits per heavy atom. The largest absolute Gasteiger partial charge is 0.497 e. The molecule has 1 aromatic carbocycles. The molecular weight excluding hydrogens is 398 g/mol. The number of methoxy groups -OCH3 is 1. The normalized spacial score (nSPS) is 16.8. The first-order valence-electron chi connectivity index (χ1n) is 10.3. The van der Waals surface area contributed by atoms with E-state index in [1.165, 1.54) is 6.42 Å². The molecule has 0 saturated carbocycles. The summed E-state index contributed by atoms with van der Waals surface area (Å²) in [6, 6.07) is 10.0. The number of carbonyl (C=O) groups is 1. The molecule has 0 radical (unpaired) electrons. The third kappa shape index (κ3) is 3.87. The lowest BCUT2D eigenvalue weighted by molar-refractivity contribution is 0.0696. The quantitative estimate of drug-likeness (QED) is 0.590. The topological polar surface area (TPSA) is 67.6 Å². The molecule has 0 spiro atoms. The van der Waals surface area contributed by atoms with Gasteiger partial charge in [0, 0.05) is 29.2 Å². The van der Waals surface area contributed by atoms with Crippen LogP contribution in [0.5, 0.6) is 5.75 Å². The molecule has 0 amide bonds. The molecular formula is C23H27N3O3S. The minimum absolute atomic E-state index is 0.352. The number of nitrogens with zero attached hydrogens (tertiary/aromatic N) is 3. The van der Waals surface area contributed by atoms with Crippen molar-refractivity contribution in [2.24, 2.45) is 0 Å². The standard InChI is InChI=1S/C23H27N3O3S/c1-4-25-11-5-6-17(25)13-26-15(2)19(23(27)28)12-21(26)20-14-30-22(24-20)16-7-9-18(29-3)10-8-16/h7-10,12,14,17H,4-6,11,13H2,1-3H3,(H,27,28). The molecule has 1 aliphatic heterocycles. The minimum Gasteiger partial charge on any atom is -0.497 e. The van der Waals surface area contributed by atoms with Crippen LogP contribution in [-0.2, 0) is 6.54 Å². The van der Waals surface area contributed by atoms with Gasteiger partial charge in [-0.05, 0) is 63.2 Å². The van der Waals surface area contributed by atoms with Crippen molar-refractivity contribution in [3.63, 3.8) is 0 Å². The maximum Gasteiger partial charge on any atom is 0.337 e. The smallest absolute Gasteiger partial charge is 0.337 e. The number of carboxylic acid groups (broad SMARTS) is 1. The van der Waals surface area contributed by atoms with Crippen LogP contribution in [0, 0.1) is 6.92 Å². The summed E-state index contributed by atoms with van der Waals surface area (Å²) in [5.74, 6) is -0.0833. The predicted molar refractivity (Wildman–Crippen MR) is 119 cm³/mol. The molecule has 2 aromatic heterocycles. The van der Waals surface area contributed by atoms with Gasteiger partial charge in [0.2, 0.25) is 0 Å². The summed E-state index contributed by atoms with van der Waals surface area (Å²) in [6.45, 7) is 7.00. The Hall–Kier alpha value is -2.64. The molecule has 3 aromatic rings. The lowest BCUT2D eigenvalue weighted by Crippen LogP contribution is -2.33. The van der Waals surface area contributed by atoms with Crippen LogP contribution in [0.3, 0.4) is 0 Å². The molecule has 7 heteroatoms. The van der Waals surface area contributed by atoms with Crippen LogP contribution in [0.25, 0.3) is 22.0 Å². The number of rotatable bonds is 7. The summed E-state index contributed by atoms with van der Waals surface area (Å²) in [5.41, 5.74) is 3.86. The Morgan fingerprint density at radius 1 is 1.33 bits per heavy atom. The highest BCUT2D eigenvalue weighted by Crippen LogP contribution is 2.33. The van der Waals surface area contributed by atoms with Crippen molar-refractivity contribution < 1.29 is 14.6 Å². The molecule has 3 heterocycles. The highest BCUT2D eigenvalue weighted by molar-refractivity contribution is 7.13. The zero-order valence-corrected chi connectivity index (χ0v) is 18.4. The average molecular weight is 426 g/mol. The van der Waals surface area contributed by atoms with Gasteiger partial charge < -0.3 is 14.4 Å². The van der Waals surface area contributed by atoms with E-state index in [-0.39, 0.29) is 0 Å². The number of likely N-dealkylation sites (tertiary alicyclic amines) is 1. The number of aromatic nitrogens is 2. The molecule has 0 bridgehead atoms.